The Morgan fingerprint density at radius 2 is 2.18 bits per heavy atom. The van der Waals surface area contributed by atoms with Crippen LogP contribution < -0.4 is 11.3 Å². The van der Waals surface area contributed by atoms with Gasteiger partial charge in [-0.1, -0.05) is 13.8 Å². The van der Waals surface area contributed by atoms with Crippen LogP contribution in [0.15, 0.2) is 29.5 Å². The summed E-state index contributed by atoms with van der Waals surface area (Å²) in [7, 11) is 0. The van der Waals surface area contributed by atoms with Crippen molar-refractivity contribution in [1.82, 2.24) is 24.5 Å². The van der Waals surface area contributed by atoms with Gasteiger partial charge in [-0.05, 0) is 24.5 Å². The number of fused-ring (bicyclic) bond motifs is 1. The van der Waals surface area contributed by atoms with Gasteiger partial charge in [0.25, 0.3) is 5.56 Å². The molecule has 0 aliphatic rings. The van der Waals surface area contributed by atoms with Crippen molar-refractivity contribution < 1.29 is 0 Å². The highest BCUT2D eigenvalue weighted by Crippen LogP contribution is 2.15. The number of nitrogens with zero attached hydrogens (tertiary/aromatic N) is 4. The van der Waals surface area contributed by atoms with Crippen LogP contribution in [0.5, 0.6) is 0 Å². The van der Waals surface area contributed by atoms with Gasteiger partial charge in [0, 0.05) is 6.20 Å². The van der Waals surface area contributed by atoms with E-state index in [1.54, 1.807) is 18.3 Å². The number of pyridine rings is 1. The van der Waals surface area contributed by atoms with Crippen molar-refractivity contribution in [3.05, 3.63) is 46.5 Å². The minimum absolute atomic E-state index is 0.221. The zero-order chi connectivity index (χ0) is 15.7. The molecular weight excluding hydrogens is 280 g/mol. The Balaban J connectivity index is 1.99. The highest BCUT2D eigenvalue weighted by Gasteiger charge is 2.11. The molecule has 0 unspecified atom stereocenters. The number of nitrogens with one attached hydrogen (secondary N) is 1. The maximum Gasteiger partial charge on any atom is 0.274 e. The van der Waals surface area contributed by atoms with Crippen molar-refractivity contribution in [2.45, 2.75) is 26.8 Å². The smallest absolute Gasteiger partial charge is 0.274 e. The maximum absolute atomic E-state index is 12.0. The molecule has 3 aromatic heterocycles. The third-order valence-corrected chi connectivity index (χ3v) is 3.39. The van der Waals surface area contributed by atoms with Gasteiger partial charge in [-0.3, -0.25) is 4.79 Å². The molecule has 0 radical (unpaired) electrons. The number of rotatable bonds is 4. The first-order valence-electron chi connectivity index (χ1n) is 7.18. The molecule has 0 fully saturated rings. The summed E-state index contributed by atoms with van der Waals surface area (Å²) in [6.07, 6.45) is 4.06. The summed E-state index contributed by atoms with van der Waals surface area (Å²) in [6, 6.07) is 3.33. The molecule has 0 aliphatic heterocycles. The topological polar surface area (TPSA) is 102 Å². The molecule has 0 aliphatic carbocycles. The minimum atomic E-state index is -0.226. The third kappa shape index (κ3) is 2.69. The second-order valence-electron chi connectivity index (χ2n) is 5.70. The Labute approximate surface area is 127 Å². The van der Waals surface area contributed by atoms with Gasteiger partial charge in [-0.15, -0.1) is 0 Å². The second kappa shape index (κ2) is 5.59. The standard InChI is InChI=1S/C15H18N6O/c1-9(2)6-11-13-14(18-8-17-11)20-12(19-13)7-21-5-3-4-10(16)15(21)22/h3-5,8-9H,6-7,16H2,1-2H3,(H,17,18,19,20). The number of aromatic amines is 1. The van der Waals surface area contributed by atoms with Crippen molar-refractivity contribution in [2.75, 3.05) is 5.73 Å². The summed E-state index contributed by atoms with van der Waals surface area (Å²) in [5.74, 6) is 1.15. The first-order valence-corrected chi connectivity index (χ1v) is 7.18. The molecule has 0 saturated heterocycles. The van der Waals surface area contributed by atoms with Crippen LogP contribution >= 0.6 is 0 Å². The van der Waals surface area contributed by atoms with Crippen LogP contribution in [-0.4, -0.2) is 24.5 Å². The van der Waals surface area contributed by atoms with E-state index in [0.717, 1.165) is 17.6 Å². The van der Waals surface area contributed by atoms with Crippen LogP contribution in [0.25, 0.3) is 11.2 Å². The predicted octanol–water partition coefficient (Wildman–Crippen LogP) is 1.34. The molecule has 0 atom stereocenters. The quantitative estimate of drug-likeness (QED) is 0.756. The van der Waals surface area contributed by atoms with Crippen LogP contribution in [0.2, 0.25) is 0 Å². The molecule has 114 valence electrons. The van der Waals surface area contributed by atoms with Gasteiger partial charge in [-0.2, -0.15) is 0 Å². The van der Waals surface area contributed by atoms with Crippen molar-refractivity contribution in [2.24, 2.45) is 5.92 Å². The van der Waals surface area contributed by atoms with Gasteiger partial charge in [0.15, 0.2) is 5.65 Å². The van der Waals surface area contributed by atoms with Gasteiger partial charge in [0.05, 0.1) is 17.9 Å². The van der Waals surface area contributed by atoms with Gasteiger partial charge in [-0.25, -0.2) is 15.0 Å². The average molecular weight is 298 g/mol. The molecule has 22 heavy (non-hydrogen) atoms. The fourth-order valence-electron chi connectivity index (χ4n) is 2.38. The van der Waals surface area contributed by atoms with E-state index >= 15 is 0 Å². The van der Waals surface area contributed by atoms with E-state index in [1.165, 1.54) is 10.9 Å². The Morgan fingerprint density at radius 1 is 1.36 bits per heavy atom. The van der Waals surface area contributed by atoms with Crippen LogP contribution in [0.4, 0.5) is 5.69 Å². The SMILES string of the molecule is CC(C)Cc1ncnc2nc(Cn3cccc(N)c3=O)[nH]c12. The number of nitrogen functional groups attached to an aromatic ring is 1. The Morgan fingerprint density at radius 3 is 2.95 bits per heavy atom. The molecule has 0 aromatic carbocycles. The predicted molar refractivity (Wildman–Crippen MR) is 84.4 cm³/mol. The monoisotopic (exact) mass is 298 g/mol. The summed E-state index contributed by atoms with van der Waals surface area (Å²) < 4.78 is 1.52. The number of hydrogen-bond acceptors (Lipinski definition) is 5. The summed E-state index contributed by atoms with van der Waals surface area (Å²) in [5.41, 5.74) is 8.04. The molecule has 0 bridgehead atoms. The lowest BCUT2D eigenvalue weighted by molar-refractivity contribution is 0.637. The maximum atomic E-state index is 12.0. The number of H-pyrrole nitrogens is 1. The summed E-state index contributed by atoms with van der Waals surface area (Å²) in [6.45, 7) is 4.59. The van der Waals surface area contributed by atoms with Gasteiger partial charge >= 0.3 is 0 Å². The normalized spacial score (nSPS) is 11.4. The summed E-state index contributed by atoms with van der Waals surface area (Å²) >= 11 is 0. The average Bonchev–Trinajstić information content (AvgIpc) is 2.87. The van der Waals surface area contributed by atoms with E-state index in [2.05, 4.69) is 33.8 Å². The third-order valence-electron chi connectivity index (χ3n) is 3.39. The van der Waals surface area contributed by atoms with E-state index < -0.39 is 0 Å². The molecule has 0 amide bonds. The van der Waals surface area contributed by atoms with Crippen molar-refractivity contribution in [3.63, 3.8) is 0 Å². The van der Waals surface area contributed by atoms with Crippen LogP contribution in [-0.2, 0) is 13.0 Å². The lowest BCUT2D eigenvalue weighted by atomic mass is 10.1. The summed E-state index contributed by atoms with van der Waals surface area (Å²) in [4.78, 5) is 28.2. The van der Waals surface area contributed by atoms with E-state index in [1.807, 2.05) is 0 Å². The fourth-order valence-corrected chi connectivity index (χ4v) is 2.38. The minimum Gasteiger partial charge on any atom is -0.394 e. The van der Waals surface area contributed by atoms with E-state index in [0.29, 0.717) is 23.9 Å². The zero-order valence-corrected chi connectivity index (χ0v) is 12.6. The molecule has 0 saturated carbocycles. The first-order chi connectivity index (χ1) is 10.5. The van der Waals surface area contributed by atoms with E-state index in [9.17, 15) is 4.79 Å². The number of imidazole rings is 1. The van der Waals surface area contributed by atoms with Crippen molar-refractivity contribution in [3.8, 4) is 0 Å². The van der Waals surface area contributed by atoms with Crippen LogP contribution in [0.1, 0.15) is 25.4 Å². The molecule has 3 aromatic rings. The lowest BCUT2D eigenvalue weighted by Crippen LogP contribution is -2.22. The van der Waals surface area contributed by atoms with Gasteiger partial charge < -0.3 is 15.3 Å². The van der Waals surface area contributed by atoms with E-state index in [4.69, 9.17) is 5.73 Å². The van der Waals surface area contributed by atoms with Crippen molar-refractivity contribution in [1.29, 1.82) is 0 Å². The van der Waals surface area contributed by atoms with Crippen LogP contribution in [0, 0.1) is 5.92 Å². The highest BCUT2D eigenvalue weighted by molar-refractivity contribution is 5.72. The largest absolute Gasteiger partial charge is 0.394 e. The fraction of sp³-hybridized carbons (Fsp3) is 0.333. The summed E-state index contributed by atoms with van der Waals surface area (Å²) in [5, 5.41) is 0. The van der Waals surface area contributed by atoms with Gasteiger partial charge in [0.2, 0.25) is 0 Å². The molecule has 3 heterocycles. The second-order valence-corrected chi connectivity index (χ2v) is 5.70. The zero-order valence-electron chi connectivity index (χ0n) is 12.6. The van der Waals surface area contributed by atoms with Crippen LogP contribution in [0.3, 0.4) is 0 Å². The van der Waals surface area contributed by atoms with Crippen molar-refractivity contribution >= 4 is 16.9 Å². The molecule has 7 heteroatoms. The van der Waals surface area contributed by atoms with E-state index in [-0.39, 0.29) is 11.2 Å². The molecule has 3 N–H and O–H groups in total. The Bertz CT molecular complexity index is 864. The highest BCUT2D eigenvalue weighted by atomic mass is 16.1. The number of nitrogens with two attached hydrogens (primary N) is 1. The molecule has 7 nitrogen and oxygen atoms in total. The number of aromatic nitrogens is 5. The Kier molecular flexibility index (Phi) is 3.62. The molecular formula is C15H18N6O. The number of hydrogen-bond donors (Lipinski definition) is 2. The first kappa shape index (κ1) is 14.2. The Hall–Kier alpha value is -2.70. The van der Waals surface area contributed by atoms with Gasteiger partial charge in [0.1, 0.15) is 17.7 Å². The lowest BCUT2D eigenvalue weighted by Gasteiger charge is -2.04. The molecule has 3 rings (SSSR count). The molecule has 0 spiro atoms. The number of anilines is 1.